The molecular weight excluding hydrogens is 377 g/mol. The normalized spacial score (nSPS) is 19.0. The van der Waals surface area contributed by atoms with Crippen LogP contribution in [0.2, 0.25) is 0 Å². The van der Waals surface area contributed by atoms with Crippen LogP contribution in [0.1, 0.15) is 29.1 Å². The van der Waals surface area contributed by atoms with Crippen LogP contribution in [0.15, 0.2) is 30.3 Å². The van der Waals surface area contributed by atoms with Crippen molar-refractivity contribution >= 4 is 42.1 Å². The third kappa shape index (κ3) is 5.68. The molecule has 1 aromatic carbocycles. The van der Waals surface area contributed by atoms with Gasteiger partial charge in [0.2, 0.25) is 5.91 Å². The van der Waals surface area contributed by atoms with Crippen LogP contribution in [0.4, 0.5) is 0 Å². The second-order valence-electron chi connectivity index (χ2n) is 6.19. The number of benzene rings is 1. The number of aromatic nitrogens is 1. The van der Waals surface area contributed by atoms with E-state index in [0.29, 0.717) is 6.54 Å². The molecule has 2 unspecified atom stereocenters. The highest BCUT2D eigenvalue weighted by Crippen LogP contribution is 2.27. The lowest BCUT2D eigenvalue weighted by molar-refractivity contribution is -0.124. The van der Waals surface area contributed by atoms with Crippen molar-refractivity contribution in [3.8, 4) is 11.3 Å². The standard InChI is InChI=1S/C18H23N3OS.2ClH/c1-12-17(13-5-3-2-4-6-13)21-16(23-12)9-10-20-18(22)14-7-8-15(19)11-14;;/h2-6,14-15H,7-11,19H2,1H3,(H,20,22);2*1H. The molecular formula is C18H25Cl2N3OS. The summed E-state index contributed by atoms with van der Waals surface area (Å²) in [6.07, 6.45) is 3.48. The number of carbonyl (C=O) groups excluding carboxylic acids is 1. The quantitative estimate of drug-likeness (QED) is 0.801. The topological polar surface area (TPSA) is 68.0 Å². The third-order valence-electron chi connectivity index (χ3n) is 4.37. The second kappa shape index (κ2) is 10.1. The van der Waals surface area contributed by atoms with E-state index in [1.165, 1.54) is 4.88 Å². The molecule has 0 saturated heterocycles. The number of aryl methyl sites for hydroxylation is 1. The molecule has 1 saturated carbocycles. The maximum atomic E-state index is 12.1. The van der Waals surface area contributed by atoms with Crippen LogP contribution < -0.4 is 11.1 Å². The molecule has 0 spiro atoms. The summed E-state index contributed by atoms with van der Waals surface area (Å²) < 4.78 is 0. The number of thiazole rings is 1. The van der Waals surface area contributed by atoms with E-state index in [0.717, 1.165) is 41.9 Å². The van der Waals surface area contributed by atoms with Gasteiger partial charge in [-0.05, 0) is 26.2 Å². The van der Waals surface area contributed by atoms with Crippen LogP contribution >= 0.6 is 36.2 Å². The van der Waals surface area contributed by atoms with Gasteiger partial charge in [0.25, 0.3) is 0 Å². The van der Waals surface area contributed by atoms with E-state index in [1.54, 1.807) is 11.3 Å². The van der Waals surface area contributed by atoms with Crippen molar-refractivity contribution in [2.45, 2.75) is 38.6 Å². The predicted molar refractivity (Wildman–Crippen MR) is 109 cm³/mol. The van der Waals surface area contributed by atoms with E-state index >= 15 is 0 Å². The Labute approximate surface area is 165 Å². The average molecular weight is 402 g/mol. The van der Waals surface area contributed by atoms with Crippen molar-refractivity contribution in [1.82, 2.24) is 10.3 Å². The van der Waals surface area contributed by atoms with E-state index < -0.39 is 0 Å². The number of nitrogens with zero attached hydrogens (tertiary/aromatic N) is 1. The Morgan fingerprint density at radius 2 is 2.00 bits per heavy atom. The van der Waals surface area contributed by atoms with Gasteiger partial charge in [0.15, 0.2) is 0 Å². The van der Waals surface area contributed by atoms with Gasteiger partial charge < -0.3 is 11.1 Å². The molecule has 138 valence electrons. The van der Waals surface area contributed by atoms with Crippen molar-refractivity contribution in [3.63, 3.8) is 0 Å². The first-order valence-electron chi connectivity index (χ1n) is 8.18. The Balaban J connectivity index is 0.00000156. The molecule has 3 rings (SSSR count). The monoisotopic (exact) mass is 401 g/mol. The Hall–Kier alpha value is -1.14. The zero-order valence-corrected chi connectivity index (χ0v) is 16.7. The first kappa shape index (κ1) is 21.9. The summed E-state index contributed by atoms with van der Waals surface area (Å²) in [5, 5.41) is 4.11. The Morgan fingerprint density at radius 3 is 2.64 bits per heavy atom. The fraction of sp³-hybridized carbons (Fsp3) is 0.444. The summed E-state index contributed by atoms with van der Waals surface area (Å²) >= 11 is 1.71. The lowest BCUT2D eigenvalue weighted by Gasteiger charge is -2.09. The molecule has 2 atom stereocenters. The predicted octanol–water partition coefficient (Wildman–Crippen LogP) is 3.75. The fourth-order valence-electron chi connectivity index (χ4n) is 3.11. The van der Waals surface area contributed by atoms with Crippen molar-refractivity contribution < 1.29 is 4.79 Å². The molecule has 7 heteroatoms. The maximum Gasteiger partial charge on any atom is 0.223 e. The molecule has 1 aliphatic rings. The van der Waals surface area contributed by atoms with Crippen LogP contribution in [0.5, 0.6) is 0 Å². The molecule has 25 heavy (non-hydrogen) atoms. The molecule has 3 N–H and O–H groups in total. The lowest BCUT2D eigenvalue weighted by atomic mass is 10.1. The van der Waals surface area contributed by atoms with Gasteiger partial charge in [-0.25, -0.2) is 4.98 Å². The van der Waals surface area contributed by atoms with Gasteiger partial charge in [0, 0.05) is 35.4 Å². The molecule has 1 fully saturated rings. The molecule has 4 nitrogen and oxygen atoms in total. The van der Waals surface area contributed by atoms with Crippen LogP contribution in [-0.2, 0) is 11.2 Å². The van der Waals surface area contributed by atoms with Gasteiger partial charge in [-0.3, -0.25) is 4.79 Å². The summed E-state index contributed by atoms with van der Waals surface area (Å²) in [4.78, 5) is 18.0. The first-order chi connectivity index (χ1) is 11.1. The Kier molecular flexibility index (Phi) is 8.86. The first-order valence-corrected chi connectivity index (χ1v) is 9.00. The van der Waals surface area contributed by atoms with E-state index in [9.17, 15) is 4.79 Å². The minimum absolute atomic E-state index is 0. The third-order valence-corrected chi connectivity index (χ3v) is 5.40. The summed E-state index contributed by atoms with van der Waals surface area (Å²) in [6, 6.07) is 10.4. The zero-order chi connectivity index (χ0) is 16.2. The number of hydrogen-bond acceptors (Lipinski definition) is 4. The van der Waals surface area contributed by atoms with Gasteiger partial charge in [-0.1, -0.05) is 30.3 Å². The smallest absolute Gasteiger partial charge is 0.223 e. The summed E-state index contributed by atoms with van der Waals surface area (Å²) in [5.74, 6) is 0.248. The van der Waals surface area contributed by atoms with E-state index in [2.05, 4.69) is 24.4 Å². The van der Waals surface area contributed by atoms with Crippen molar-refractivity contribution in [3.05, 3.63) is 40.2 Å². The Bertz CT molecular complexity index is 678. The van der Waals surface area contributed by atoms with Gasteiger partial charge >= 0.3 is 0 Å². The number of nitrogens with one attached hydrogen (secondary N) is 1. The molecule has 1 heterocycles. The van der Waals surface area contributed by atoms with Gasteiger partial charge in [0.05, 0.1) is 10.7 Å². The van der Waals surface area contributed by atoms with Gasteiger partial charge in [0.1, 0.15) is 0 Å². The Morgan fingerprint density at radius 1 is 1.28 bits per heavy atom. The van der Waals surface area contributed by atoms with E-state index in [-0.39, 0.29) is 42.7 Å². The fourth-order valence-corrected chi connectivity index (χ4v) is 4.07. The molecule has 1 amide bonds. The summed E-state index contributed by atoms with van der Waals surface area (Å²) in [5.41, 5.74) is 8.07. The number of hydrogen-bond donors (Lipinski definition) is 2. The number of halogens is 2. The second-order valence-corrected chi connectivity index (χ2v) is 7.48. The number of nitrogens with two attached hydrogens (primary N) is 1. The molecule has 2 aromatic rings. The molecule has 0 radical (unpaired) electrons. The highest BCUT2D eigenvalue weighted by atomic mass is 35.5. The van der Waals surface area contributed by atoms with Crippen LogP contribution in [0.25, 0.3) is 11.3 Å². The van der Waals surface area contributed by atoms with E-state index in [4.69, 9.17) is 10.7 Å². The number of rotatable bonds is 5. The molecule has 1 aromatic heterocycles. The van der Waals surface area contributed by atoms with Crippen molar-refractivity contribution in [2.75, 3.05) is 6.54 Å². The van der Waals surface area contributed by atoms with Crippen LogP contribution in [0, 0.1) is 12.8 Å². The molecule has 0 bridgehead atoms. The van der Waals surface area contributed by atoms with Gasteiger partial charge in [-0.2, -0.15) is 0 Å². The molecule has 1 aliphatic carbocycles. The largest absolute Gasteiger partial charge is 0.355 e. The number of carbonyl (C=O) groups is 1. The lowest BCUT2D eigenvalue weighted by Crippen LogP contribution is -2.31. The van der Waals surface area contributed by atoms with Crippen molar-refractivity contribution in [2.24, 2.45) is 11.7 Å². The van der Waals surface area contributed by atoms with Crippen molar-refractivity contribution in [1.29, 1.82) is 0 Å². The molecule has 0 aliphatic heterocycles. The average Bonchev–Trinajstić information content (AvgIpc) is 3.14. The zero-order valence-electron chi connectivity index (χ0n) is 14.2. The minimum atomic E-state index is 0. The minimum Gasteiger partial charge on any atom is -0.355 e. The summed E-state index contributed by atoms with van der Waals surface area (Å²) in [7, 11) is 0. The maximum absolute atomic E-state index is 12.1. The van der Waals surface area contributed by atoms with E-state index in [1.807, 2.05) is 18.2 Å². The highest BCUT2D eigenvalue weighted by Gasteiger charge is 2.27. The summed E-state index contributed by atoms with van der Waals surface area (Å²) in [6.45, 7) is 2.74. The number of amides is 1. The SMILES string of the molecule is Cc1sc(CCNC(=O)C2CCC(N)C2)nc1-c1ccccc1.Cl.Cl. The van der Waals surface area contributed by atoms with Crippen LogP contribution in [-0.4, -0.2) is 23.5 Å². The van der Waals surface area contributed by atoms with Crippen LogP contribution in [0.3, 0.4) is 0 Å². The highest BCUT2D eigenvalue weighted by molar-refractivity contribution is 7.12. The van der Waals surface area contributed by atoms with Gasteiger partial charge in [-0.15, -0.1) is 36.2 Å².